The van der Waals surface area contributed by atoms with Gasteiger partial charge in [0.05, 0.1) is 18.1 Å². The number of benzene rings is 2. The van der Waals surface area contributed by atoms with Crippen LogP contribution in [0.2, 0.25) is 0 Å². The van der Waals surface area contributed by atoms with Crippen molar-refractivity contribution in [3.8, 4) is 0 Å². The summed E-state index contributed by atoms with van der Waals surface area (Å²) in [7, 11) is 0. The number of fused-ring (bicyclic) bond motifs is 4. The van der Waals surface area contributed by atoms with Crippen LogP contribution in [0.15, 0.2) is 54.6 Å². The van der Waals surface area contributed by atoms with Crippen molar-refractivity contribution in [1.29, 1.82) is 0 Å². The molecule has 1 fully saturated rings. The topological polar surface area (TPSA) is 58.6 Å². The van der Waals surface area contributed by atoms with Gasteiger partial charge in [-0.1, -0.05) is 54.6 Å². The van der Waals surface area contributed by atoms with Crippen molar-refractivity contribution in [2.75, 3.05) is 6.54 Å². The van der Waals surface area contributed by atoms with Gasteiger partial charge in [-0.05, 0) is 36.5 Å². The van der Waals surface area contributed by atoms with Gasteiger partial charge in [-0.2, -0.15) is 0 Å². The van der Waals surface area contributed by atoms with Crippen molar-refractivity contribution >= 4 is 5.91 Å². The van der Waals surface area contributed by atoms with Crippen LogP contribution in [0.1, 0.15) is 42.4 Å². The van der Waals surface area contributed by atoms with Gasteiger partial charge < -0.3 is 15.2 Å². The highest BCUT2D eigenvalue weighted by Crippen LogP contribution is 2.41. The maximum absolute atomic E-state index is 12.4. The van der Waals surface area contributed by atoms with Gasteiger partial charge in [0.25, 0.3) is 0 Å². The summed E-state index contributed by atoms with van der Waals surface area (Å²) in [6.07, 6.45) is 1.19. The van der Waals surface area contributed by atoms with Gasteiger partial charge in [0.15, 0.2) is 0 Å². The molecule has 2 N–H and O–H groups in total. The van der Waals surface area contributed by atoms with Crippen LogP contribution < -0.4 is 5.32 Å². The molecule has 4 heteroatoms. The van der Waals surface area contributed by atoms with E-state index in [9.17, 15) is 9.90 Å². The van der Waals surface area contributed by atoms with Crippen LogP contribution >= 0.6 is 0 Å². The predicted molar refractivity (Wildman–Crippen MR) is 95.2 cm³/mol. The molecule has 1 amide bonds. The average Bonchev–Trinajstić information content (AvgIpc) is 3.14. The molecule has 2 heterocycles. The molecule has 4 nitrogen and oxygen atoms in total. The third-order valence-electron chi connectivity index (χ3n) is 5.51. The molecule has 0 spiro atoms. The van der Waals surface area contributed by atoms with Crippen molar-refractivity contribution < 1.29 is 14.6 Å². The number of hydrogen-bond donors (Lipinski definition) is 2. The standard InChI is InChI=1S/C21H23NO3/c1-14-15-6-5-9-17(12-15)21(24,16-7-3-2-4-8-16)19-11-10-18(25-19)13-22-20(14)23/h2-9,12,14,18-19,24H,10-11,13H2,1H3,(H,22,23)/t14-,18+,19+,21+/m0/s1. The van der Waals surface area contributed by atoms with E-state index in [1.54, 1.807) is 0 Å². The number of amides is 1. The van der Waals surface area contributed by atoms with E-state index in [2.05, 4.69) is 5.32 Å². The van der Waals surface area contributed by atoms with E-state index in [0.717, 1.165) is 29.5 Å². The molecule has 2 aliphatic heterocycles. The number of aliphatic hydroxyl groups is 1. The van der Waals surface area contributed by atoms with Gasteiger partial charge >= 0.3 is 0 Å². The fourth-order valence-corrected chi connectivity index (χ4v) is 3.96. The molecule has 2 aromatic carbocycles. The number of nitrogens with one attached hydrogen (secondary N) is 1. The zero-order valence-corrected chi connectivity index (χ0v) is 14.3. The lowest BCUT2D eigenvalue weighted by molar-refractivity contribution is -0.123. The molecule has 0 saturated carbocycles. The molecule has 4 rings (SSSR count). The largest absolute Gasteiger partial charge is 0.378 e. The van der Waals surface area contributed by atoms with Gasteiger partial charge in [0.1, 0.15) is 5.60 Å². The summed E-state index contributed by atoms with van der Waals surface area (Å²) in [6, 6.07) is 17.4. The number of hydrogen-bond acceptors (Lipinski definition) is 3. The van der Waals surface area contributed by atoms with Crippen LogP contribution in [-0.2, 0) is 15.1 Å². The molecular formula is C21H23NO3. The quantitative estimate of drug-likeness (QED) is 0.841. The fourth-order valence-electron chi connectivity index (χ4n) is 3.96. The average molecular weight is 337 g/mol. The van der Waals surface area contributed by atoms with Gasteiger partial charge in [-0.3, -0.25) is 4.79 Å². The Bertz CT molecular complexity index is 776. The van der Waals surface area contributed by atoms with E-state index >= 15 is 0 Å². The molecular weight excluding hydrogens is 314 g/mol. The lowest BCUT2D eigenvalue weighted by Crippen LogP contribution is -2.41. The molecule has 0 radical (unpaired) electrons. The minimum absolute atomic E-state index is 0.00523. The minimum atomic E-state index is -1.22. The van der Waals surface area contributed by atoms with Crippen molar-refractivity contribution in [3.05, 3.63) is 71.3 Å². The fraction of sp³-hybridized carbons (Fsp3) is 0.381. The molecule has 1 saturated heterocycles. The Labute approximate surface area is 147 Å². The van der Waals surface area contributed by atoms with Crippen molar-refractivity contribution in [1.82, 2.24) is 5.32 Å². The van der Waals surface area contributed by atoms with Crippen LogP contribution in [0.5, 0.6) is 0 Å². The van der Waals surface area contributed by atoms with Crippen LogP contribution in [0.25, 0.3) is 0 Å². The molecule has 2 aliphatic rings. The first-order valence-electron chi connectivity index (χ1n) is 8.90. The number of carbonyl (C=O) groups is 1. The normalized spacial score (nSPS) is 31.9. The summed E-state index contributed by atoms with van der Waals surface area (Å²) in [5.41, 5.74) is 1.29. The first kappa shape index (κ1) is 16.3. The molecule has 0 aromatic heterocycles. The highest BCUT2D eigenvalue weighted by Gasteiger charge is 2.45. The molecule has 0 unspecified atom stereocenters. The Hall–Kier alpha value is -2.17. The second-order valence-electron chi connectivity index (χ2n) is 7.05. The molecule has 25 heavy (non-hydrogen) atoms. The molecule has 2 aromatic rings. The smallest absolute Gasteiger partial charge is 0.227 e. The van der Waals surface area contributed by atoms with E-state index in [0.29, 0.717) is 6.54 Å². The Morgan fingerprint density at radius 3 is 2.64 bits per heavy atom. The van der Waals surface area contributed by atoms with E-state index < -0.39 is 5.60 Å². The Morgan fingerprint density at radius 1 is 1.08 bits per heavy atom. The maximum Gasteiger partial charge on any atom is 0.227 e. The van der Waals surface area contributed by atoms with Gasteiger partial charge in [-0.15, -0.1) is 0 Å². The summed E-state index contributed by atoms with van der Waals surface area (Å²) < 4.78 is 6.18. The van der Waals surface area contributed by atoms with Crippen molar-refractivity contribution in [2.45, 2.75) is 43.5 Å². The summed E-state index contributed by atoms with van der Waals surface area (Å²) in [6.45, 7) is 2.38. The molecule has 130 valence electrons. The number of carbonyl (C=O) groups excluding carboxylic acids is 1. The van der Waals surface area contributed by atoms with E-state index in [-0.39, 0.29) is 24.0 Å². The molecule has 4 bridgehead atoms. The van der Waals surface area contributed by atoms with Gasteiger partial charge in [0, 0.05) is 6.54 Å². The highest BCUT2D eigenvalue weighted by molar-refractivity contribution is 5.83. The first-order valence-corrected chi connectivity index (χ1v) is 8.90. The van der Waals surface area contributed by atoms with E-state index in [1.807, 2.05) is 61.5 Å². The lowest BCUT2D eigenvalue weighted by Gasteiger charge is -2.35. The van der Waals surface area contributed by atoms with Crippen LogP contribution in [-0.4, -0.2) is 29.8 Å². The van der Waals surface area contributed by atoms with Crippen LogP contribution in [0.4, 0.5) is 0 Å². The predicted octanol–water partition coefficient (Wildman–Crippen LogP) is 2.70. The van der Waals surface area contributed by atoms with Gasteiger partial charge in [-0.25, -0.2) is 0 Å². The second-order valence-corrected chi connectivity index (χ2v) is 7.05. The van der Waals surface area contributed by atoms with Gasteiger partial charge in [0.2, 0.25) is 5.91 Å². The second kappa shape index (κ2) is 6.28. The minimum Gasteiger partial charge on any atom is -0.378 e. The summed E-state index contributed by atoms with van der Waals surface area (Å²) in [4.78, 5) is 12.4. The molecule has 0 aliphatic carbocycles. The SMILES string of the molecule is C[C@@H]1C(=O)NC[C@H]2CC[C@@H](O2)[C@@](O)(c2ccccc2)c2cccc1c2. The van der Waals surface area contributed by atoms with E-state index in [1.165, 1.54) is 0 Å². The maximum atomic E-state index is 12.4. The monoisotopic (exact) mass is 337 g/mol. The third kappa shape index (κ3) is 2.75. The van der Waals surface area contributed by atoms with Crippen LogP contribution in [0, 0.1) is 0 Å². The summed E-state index contributed by atoms with van der Waals surface area (Å²) in [5.74, 6) is -0.272. The lowest BCUT2D eigenvalue weighted by atomic mass is 9.79. The Balaban J connectivity index is 1.89. The summed E-state index contributed by atoms with van der Waals surface area (Å²) >= 11 is 0. The third-order valence-corrected chi connectivity index (χ3v) is 5.51. The Kier molecular flexibility index (Phi) is 4.10. The summed E-state index contributed by atoms with van der Waals surface area (Å²) in [5, 5.41) is 14.8. The van der Waals surface area contributed by atoms with Crippen LogP contribution in [0.3, 0.4) is 0 Å². The highest BCUT2D eigenvalue weighted by atomic mass is 16.5. The first-order chi connectivity index (χ1) is 12.1. The molecule has 4 atom stereocenters. The van der Waals surface area contributed by atoms with E-state index in [4.69, 9.17) is 4.74 Å². The zero-order valence-electron chi connectivity index (χ0n) is 14.3. The van der Waals surface area contributed by atoms with Crippen molar-refractivity contribution in [2.24, 2.45) is 0 Å². The number of ether oxygens (including phenoxy) is 1. The number of rotatable bonds is 1. The Morgan fingerprint density at radius 2 is 1.84 bits per heavy atom. The zero-order chi connectivity index (χ0) is 17.4. The van der Waals surface area contributed by atoms with Crippen molar-refractivity contribution in [3.63, 3.8) is 0 Å².